The van der Waals surface area contributed by atoms with Crippen LogP contribution in [0.25, 0.3) is 22.0 Å². The Balaban J connectivity index is 2.15. The van der Waals surface area contributed by atoms with Gasteiger partial charge in [-0.1, -0.05) is 18.2 Å². The molecule has 3 aromatic rings. The molecule has 0 saturated carbocycles. The van der Waals surface area contributed by atoms with Crippen LogP contribution in [0.2, 0.25) is 0 Å². The zero-order valence-corrected chi connectivity index (χ0v) is 14.2. The van der Waals surface area contributed by atoms with Crippen LogP contribution < -0.4 is 5.56 Å². The molecule has 2 aromatic carbocycles. The van der Waals surface area contributed by atoms with Crippen molar-refractivity contribution < 1.29 is 24.2 Å². The number of Topliss-reactive ketones (excluding diaryl/α,β-unsaturated/α-hetero) is 1. The van der Waals surface area contributed by atoms with Crippen molar-refractivity contribution in [3.05, 3.63) is 69.8 Å². The van der Waals surface area contributed by atoms with E-state index >= 15 is 0 Å². The number of rotatable bonds is 6. The van der Waals surface area contributed by atoms with E-state index in [9.17, 15) is 23.9 Å². The van der Waals surface area contributed by atoms with Crippen LogP contribution >= 0.6 is 0 Å². The summed E-state index contributed by atoms with van der Waals surface area (Å²) in [6.07, 6.45) is -0.745. The Morgan fingerprint density at radius 1 is 1.00 bits per heavy atom. The fourth-order valence-electron chi connectivity index (χ4n) is 2.99. The third kappa shape index (κ3) is 3.78. The molecule has 3 rings (SSSR count). The maximum absolute atomic E-state index is 13.1. The molecule has 0 atom stereocenters. The van der Waals surface area contributed by atoms with Crippen LogP contribution in [0, 0.1) is 5.82 Å². The SMILES string of the molecule is O=C(O)CCC(=O)c1c(CO)c2cc(-c3ccc(F)cc3)ccc2[nH]c1=O. The average Bonchev–Trinajstić information content (AvgIpc) is 2.65. The average molecular weight is 369 g/mol. The van der Waals surface area contributed by atoms with Gasteiger partial charge in [0.2, 0.25) is 0 Å². The van der Waals surface area contributed by atoms with E-state index in [2.05, 4.69) is 4.98 Å². The first-order valence-corrected chi connectivity index (χ1v) is 8.21. The third-order valence-corrected chi connectivity index (χ3v) is 4.30. The smallest absolute Gasteiger partial charge is 0.303 e. The molecule has 0 unspecified atom stereocenters. The van der Waals surface area contributed by atoms with Crippen LogP contribution in [-0.4, -0.2) is 26.9 Å². The van der Waals surface area contributed by atoms with Crippen LogP contribution in [0.5, 0.6) is 0 Å². The number of carboxylic acids is 1. The van der Waals surface area contributed by atoms with E-state index in [0.717, 1.165) is 5.56 Å². The highest BCUT2D eigenvalue weighted by atomic mass is 19.1. The monoisotopic (exact) mass is 369 g/mol. The lowest BCUT2D eigenvalue weighted by atomic mass is 9.96. The molecule has 3 N–H and O–H groups in total. The van der Waals surface area contributed by atoms with Gasteiger partial charge in [-0.2, -0.15) is 0 Å². The number of aliphatic carboxylic acids is 1. The zero-order chi connectivity index (χ0) is 19.6. The van der Waals surface area contributed by atoms with Crippen molar-refractivity contribution in [1.29, 1.82) is 0 Å². The van der Waals surface area contributed by atoms with Crippen molar-refractivity contribution in [3.63, 3.8) is 0 Å². The highest BCUT2D eigenvalue weighted by Gasteiger charge is 2.20. The van der Waals surface area contributed by atoms with Crippen molar-refractivity contribution in [2.75, 3.05) is 0 Å². The zero-order valence-electron chi connectivity index (χ0n) is 14.2. The van der Waals surface area contributed by atoms with Crippen LogP contribution in [0.15, 0.2) is 47.3 Å². The largest absolute Gasteiger partial charge is 0.481 e. The molecule has 27 heavy (non-hydrogen) atoms. The Morgan fingerprint density at radius 2 is 1.67 bits per heavy atom. The Kier molecular flexibility index (Phi) is 5.14. The van der Waals surface area contributed by atoms with E-state index in [1.54, 1.807) is 30.3 Å². The number of hydrogen-bond donors (Lipinski definition) is 3. The van der Waals surface area contributed by atoms with Gasteiger partial charge in [0.25, 0.3) is 5.56 Å². The highest BCUT2D eigenvalue weighted by molar-refractivity contribution is 6.02. The molecular weight excluding hydrogens is 353 g/mol. The van der Waals surface area contributed by atoms with Crippen molar-refractivity contribution in [2.24, 2.45) is 0 Å². The molecule has 7 heteroatoms. The van der Waals surface area contributed by atoms with Crippen LogP contribution in [0.1, 0.15) is 28.8 Å². The molecule has 0 spiro atoms. The van der Waals surface area contributed by atoms with Crippen molar-refractivity contribution in [3.8, 4) is 11.1 Å². The second-order valence-electron chi connectivity index (χ2n) is 6.05. The molecule has 0 aliphatic carbocycles. The van der Waals surface area contributed by atoms with Gasteiger partial charge >= 0.3 is 5.97 Å². The summed E-state index contributed by atoms with van der Waals surface area (Å²) in [7, 11) is 0. The minimum Gasteiger partial charge on any atom is -0.481 e. The number of carbonyl (C=O) groups excluding carboxylic acids is 1. The van der Waals surface area contributed by atoms with Crippen LogP contribution in [-0.2, 0) is 11.4 Å². The minimum absolute atomic E-state index is 0.146. The lowest BCUT2D eigenvalue weighted by molar-refractivity contribution is -0.136. The predicted molar refractivity (Wildman–Crippen MR) is 97.1 cm³/mol. The molecule has 0 radical (unpaired) electrons. The molecule has 0 saturated heterocycles. The van der Waals surface area contributed by atoms with Gasteiger partial charge in [-0.25, -0.2) is 4.39 Å². The Bertz CT molecular complexity index is 1090. The van der Waals surface area contributed by atoms with Crippen molar-refractivity contribution in [1.82, 2.24) is 4.98 Å². The van der Waals surface area contributed by atoms with Gasteiger partial charge in [0.15, 0.2) is 5.78 Å². The van der Waals surface area contributed by atoms with Gasteiger partial charge in [0, 0.05) is 22.9 Å². The number of aromatic amines is 1. The summed E-state index contributed by atoms with van der Waals surface area (Å²) in [5.41, 5.74) is 1.12. The summed E-state index contributed by atoms with van der Waals surface area (Å²) in [5.74, 6) is -2.16. The number of ketones is 1. The van der Waals surface area contributed by atoms with Crippen LogP contribution in [0.4, 0.5) is 4.39 Å². The lowest BCUT2D eigenvalue weighted by Crippen LogP contribution is -2.22. The first-order chi connectivity index (χ1) is 12.9. The summed E-state index contributed by atoms with van der Waals surface area (Å²) >= 11 is 0. The molecule has 1 heterocycles. The van der Waals surface area contributed by atoms with Gasteiger partial charge in [-0.05, 0) is 35.4 Å². The fraction of sp³-hybridized carbons (Fsp3) is 0.150. The number of benzene rings is 2. The predicted octanol–water partition coefficient (Wildman–Crippen LogP) is 2.87. The summed E-state index contributed by atoms with van der Waals surface area (Å²) < 4.78 is 13.1. The second kappa shape index (κ2) is 7.51. The number of aromatic nitrogens is 1. The van der Waals surface area contributed by atoms with E-state index in [1.165, 1.54) is 12.1 Å². The molecule has 138 valence electrons. The third-order valence-electron chi connectivity index (χ3n) is 4.30. The van der Waals surface area contributed by atoms with Crippen molar-refractivity contribution >= 4 is 22.7 Å². The standard InChI is InChI=1S/C20H16FNO5/c21-13-4-1-11(2-5-13)12-3-6-16-14(9-12)15(10-23)19(20(27)22-16)17(24)7-8-18(25)26/h1-6,9,23H,7-8,10H2,(H,22,27)(H,25,26). The number of hydrogen-bond acceptors (Lipinski definition) is 4. The van der Waals surface area contributed by atoms with Gasteiger partial charge in [-0.15, -0.1) is 0 Å². The summed E-state index contributed by atoms with van der Waals surface area (Å²) in [6.45, 7) is -0.554. The maximum atomic E-state index is 13.1. The molecule has 6 nitrogen and oxygen atoms in total. The van der Waals surface area contributed by atoms with Gasteiger partial charge in [0.1, 0.15) is 5.82 Å². The number of carbonyl (C=O) groups is 2. The Labute approximate surface area is 152 Å². The number of pyridine rings is 1. The van der Waals surface area contributed by atoms with Gasteiger partial charge in [0.05, 0.1) is 18.6 Å². The number of H-pyrrole nitrogens is 1. The molecule has 0 aliphatic rings. The number of nitrogens with one attached hydrogen (secondary N) is 1. The molecule has 0 bridgehead atoms. The first kappa shape index (κ1) is 18.5. The number of aliphatic hydroxyl groups is 1. The molecule has 0 fully saturated rings. The van der Waals surface area contributed by atoms with Gasteiger partial charge in [-0.3, -0.25) is 14.4 Å². The topological polar surface area (TPSA) is 107 Å². The fourth-order valence-corrected chi connectivity index (χ4v) is 2.99. The van der Waals surface area contributed by atoms with E-state index in [1.807, 2.05) is 0 Å². The highest BCUT2D eigenvalue weighted by Crippen LogP contribution is 2.27. The second-order valence-corrected chi connectivity index (χ2v) is 6.05. The summed E-state index contributed by atoms with van der Waals surface area (Å²) in [6, 6.07) is 10.9. The molecule has 0 aliphatic heterocycles. The first-order valence-electron chi connectivity index (χ1n) is 8.21. The normalized spacial score (nSPS) is 10.9. The van der Waals surface area contributed by atoms with E-state index < -0.39 is 30.3 Å². The Hall–Kier alpha value is -3.32. The molecular formula is C20H16FNO5. The number of carboxylic acid groups (broad SMARTS) is 1. The van der Waals surface area contributed by atoms with Crippen LogP contribution in [0.3, 0.4) is 0 Å². The number of aliphatic hydroxyl groups excluding tert-OH is 1. The van der Waals surface area contributed by atoms with Gasteiger partial charge < -0.3 is 15.2 Å². The Morgan fingerprint density at radius 3 is 2.30 bits per heavy atom. The van der Waals surface area contributed by atoms with E-state index in [-0.39, 0.29) is 23.4 Å². The maximum Gasteiger partial charge on any atom is 0.303 e. The molecule has 0 amide bonds. The molecule has 1 aromatic heterocycles. The number of fused-ring (bicyclic) bond motifs is 1. The quantitative estimate of drug-likeness (QED) is 0.579. The summed E-state index contributed by atoms with van der Waals surface area (Å²) in [5, 5.41) is 19.0. The van der Waals surface area contributed by atoms with E-state index in [0.29, 0.717) is 16.5 Å². The van der Waals surface area contributed by atoms with Crippen molar-refractivity contribution in [2.45, 2.75) is 19.4 Å². The lowest BCUT2D eigenvalue weighted by Gasteiger charge is -2.11. The van der Waals surface area contributed by atoms with E-state index in [4.69, 9.17) is 5.11 Å². The summed E-state index contributed by atoms with van der Waals surface area (Å²) in [4.78, 5) is 38.0. The minimum atomic E-state index is -1.15. The number of halogens is 1.